The zero-order valence-electron chi connectivity index (χ0n) is 22.3. The van der Waals surface area contributed by atoms with Crippen molar-refractivity contribution in [3.63, 3.8) is 0 Å². The van der Waals surface area contributed by atoms with Gasteiger partial charge >= 0.3 is 5.69 Å². The van der Waals surface area contributed by atoms with Crippen molar-refractivity contribution in [2.75, 3.05) is 26.2 Å². The number of rotatable bonds is 7. The Morgan fingerprint density at radius 1 is 1.12 bits per heavy atom. The van der Waals surface area contributed by atoms with Crippen LogP contribution < -0.4 is 5.69 Å². The van der Waals surface area contributed by atoms with E-state index >= 15 is 0 Å². The third-order valence-electron chi connectivity index (χ3n) is 8.20. The lowest BCUT2D eigenvalue weighted by Gasteiger charge is -2.33. The molecule has 1 saturated heterocycles. The molecule has 4 aromatic rings. The molecule has 0 bridgehead atoms. The highest BCUT2D eigenvalue weighted by Crippen LogP contribution is 2.32. The van der Waals surface area contributed by atoms with Gasteiger partial charge in [-0.25, -0.2) is 4.79 Å². The van der Waals surface area contributed by atoms with Gasteiger partial charge in [-0.2, -0.15) is 5.10 Å². The van der Waals surface area contributed by atoms with Crippen molar-refractivity contribution in [1.29, 1.82) is 0 Å². The number of hydrogen-bond acceptors (Lipinski definition) is 5. The molecule has 11 heteroatoms. The van der Waals surface area contributed by atoms with E-state index < -0.39 is 6.10 Å². The summed E-state index contributed by atoms with van der Waals surface area (Å²) in [5.41, 5.74) is 6.35. The quantitative estimate of drug-likeness (QED) is 0.321. The monoisotopic (exact) mass is 582 g/mol. The summed E-state index contributed by atoms with van der Waals surface area (Å²) in [6, 6.07) is 11.4. The molecule has 0 spiro atoms. The smallest absolute Gasteiger partial charge is 0.326 e. The molecule has 1 fully saturated rings. The van der Waals surface area contributed by atoms with Gasteiger partial charge in [0.25, 0.3) is 0 Å². The number of aryl methyl sites for hydroxylation is 1. The number of benzene rings is 2. The number of carbonyl (C=O) groups is 1. The number of hydrogen-bond donors (Lipinski definition) is 2. The molecule has 2 N–H and O–H groups in total. The van der Waals surface area contributed by atoms with Gasteiger partial charge in [0.2, 0.25) is 6.41 Å². The number of nitrogens with zero attached hydrogens (tertiary/aromatic N) is 5. The van der Waals surface area contributed by atoms with E-state index in [9.17, 15) is 14.7 Å². The number of aliphatic hydroxyl groups excluding tert-OH is 1. The number of carbonyl (C=O) groups excluding carboxylic acids is 1. The van der Waals surface area contributed by atoms with Gasteiger partial charge in [0, 0.05) is 72.1 Å². The van der Waals surface area contributed by atoms with Crippen molar-refractivity contribution < 1.29 is 9.90 Å². The maximum absolute atomic E-state index is 12.7. The molecule has 210 valence electrons. The minimum Gasteiger partial charge on any atom is -0.390 e. The van der Waals surface area contributed by atoms with Crippen LogP contribution in [0.15, 0.2) is 41.2 Å². The van der Waals surface area contributed by atoms with Crippen LogP contribution in [0.5, 0.6) is 0 Å². The summed E-state index contributed by atoms with van der Waals surface area (Å²) in [6.07, 6.45) is 2.58. The van der Waals surface area contributed by atoms with E-state index in [0.717, 1.165) is 71.5 Å². The summed E-state index contributed by atoms with van der Waals surface area (Å²) in [7, 11) is 0. The number of aromatic amines is 1. The summed E-state index contributed by atoms with van der Waals surface area (Å²) >= 11 is 12.5. The third kappa shape index (κ3) is 5.19. The number of β-amino-alcohol motifs (C(OH)–C–C–N with tert-alkyl or cyclic N) is 1. The molecule has 1 unspecified atom stereocenters. The van der Waals surface area contributed by atoms with Gasteiger partial charge in [-0.05, 0) is 55.7 Å². The lowest BCUT2D eigenvalue weighted by molar-refractivity contribution is -0.118. The topological polar surface area (TPSA) is 99.4 Å². The first-order valence-electron chi connectivity index (χ1n) is 13.7. The first-order chi connectivity index (χ1) is 19.3. The Balaban J connectivity index is 1.15. The van der Waals surface area contributed by atoms with Gasteiger partial charge in [0.15, 0.2) is 0 Å². The van der Waals surface area contributed by atoms with Crippen LogP contribution in [0, 0.1) is 6.92 Å². The molecule has 2 aliphatic rings. The molecule has 6 rings (SSSR count). The SMILES string of the molecule is Cc1cc(-c2nn(CC(O)CN3CCC(n4c(=O)[nH]c5ccc(Cl)cc54)CC3)c3c2CN(C=O)CC3)ccc1Cl. The average Bonchev–Trinajstić information content (AvgIpc) is 3.46. The van der Waals surface area contributed by atoms with Crippen LogP contribution in [0.3, 0.4) is 0 Å². The number of piperidine rings is 1. The number of imidazole rings is 1. The number of halogens is 2. The van der Waals surface area contributed by atoms with E-state index in [2.05, 4.69) is 9.88 Å². The summed E-state index contributed by atoms with van der Waals surface area (Å²) in [5, 5.41) is 17.4. The van der Waals surface area contributed by atoms with E-state index in [1.807, 2.05) is 46.5 Å². The van der Waals surface area contributed by atoms with Crippen molar-refractivity contribution in [1.82, 2.24) is 29.1 Å². The van der Waals surface area contributed by atoms with Gasteiger partial charge < -0.3 is 19.9 Å². The average molecular weight is 584 g/mol. The van der Waals surface area contributed by atoms with E-state index in [-0.39, 0.29) is 11.7 Å². The molecule has 0 saturated carbocycles. The summed E-state index contributed by atoms with van der Waals surface area (Å²) < 4.78 is 3.75. The van der Waals surface area contributed by atoms with E-state index in [0.29, 0.717) is 42.6 Å². The number of nitrogens with one attached hydrogen (secondary N) is 1. The summed E-state index contributed by atoms with van der Waals surface area (Å²) in [4.78, 5) is 31.1. The molecule has 2 aliphatic heterocycles. The Morgan fingerprint density at radius 3 is 2.67 bits per heavy atom. The molecule has 2 aromatic carbocycles. The lowest BCUT2D eigenvalue weighted by atomic mass is 10.00. The zero-order valence-corrected chi connectivity index (χ0v) is 23.8. The van der Waals surface area contributed by atoms with Crippen molar-refractivity contribution in [2.45, 2.75) is 51.4 Å². The minimum atomic E-state index is -0.612. The highest BCUT2D eigenvalue weighted by molar-refractivity contribution is 6.31. The number of aromatic nitrogens is 4. The normalized spacial score (nSPS) is 17.4. The van der Waals surface area contributed by atoms with Crippen molar-refractivity contribution in [3.05, 3.63) is 73.7 Å². The highest BCUT2D eigenvalue weighted by Gasteiger charge is 2.28. The second-order valence-electron chi connectivity index (χ2n) is 10.9. The van der Waals surface area contributed by atoms with Crippen LogP contribution >= 0.6 is 23.2 Å². The fourth-order valence-electron chi connectivity index (χ4n) is 6.15. The maximum atomic E-state index is 12.7. The first kappa shape index (κ1) is 27.1. The maximum Gasteiger partial charge on any atom is 0.326 e. The fourth-order valence-corrected chi connectivity index (χ4v) is 6.43. The lowest BCUT2D eigenvalue weighted by Crippen LogP contribution is -2.42. The van der Waals surface area contributed by atoms with Crippen LogP contribution in [-0.2, 0) is 24.3 Å². The number of aliphatic hydroxyl groups is 1. The molecule has 1 atom stereocenters. The van der Waals surface area contributed by atoms with E-state index in [4.69, 9.17) is 28.3 Å². The van der Waals surface area contributed by atoms with Gasteiger partial charge in [0.05, 0.1) is 29.4 Å². The molecular weight excluding hydrogens is 551 g/mol. The molecule has 40 heavy (non-hydrogen) atoms. The number of likely N-dealkylation sites (tertiary alicyclic amines) is 1. The standard InChI is InChI=1S/C29H32Cl2N6O3/c1-18-12-19(2-4-24(18)31)28-23-16-35(17-38)11-8-26(23)36(33-28)15-22(39)14-34-9-6-21(7-10-34)37-27-13-20(30)3-5-25(27)32-29(37)40/h2-5,12-13,17,21-22,39H,6-11,14-16H2,1H3,(H,32,40). The summed E-state index contributed by atoms with van der Waals surface area (Å²) in [6.45, 7) is 5.54. The Morgan fingerprint density at radius 2 is 1.93 bits per heavy atom. The molecule has 0 aliphatic carbocycles. The number of amides is 1. The third-order valence-corrected chi connectivity index (χ3v) is 8.86. The predicted molar refractivity (Wildman–Crippen MR) is 156 cm³/mol. The fraction of sp³-hybridized carbons (Fsp3) is 0.414. The molecule has 4 heterocycles. The minimum absolute atomic E-state index is 0.0809. The number of H-pyrrole nitrogens is 1. The molecular formula is C29H32Cl2N6O3. The summed E-state index contributed by atoms with van der Waals surface area (Å²) in [5.74, 6) is 0. The van der Waals surface area contributed by atoms with Crippen LogP contribution in [0.25, 0.3) is 22.3 Å². The second kappa shape index (κ2) is 11.0. The Hall–Kier alpha value is -3.11. The molecule has 1 amide bonds. The van der Waals surface area contributed by atoms with Crippen LogP contribution in [0.1, 0.15) is 35.7 Å². The van der Waals surface area contributed by atoms with E-state index in [1.165, 1.54) is 0 Å². The van der Waals surface area contributed by atoms with Gasteiger partial charge in [-0.3, -0.25) is 14.0 Å². The Labute approximate surface area is 241 Å². The zero-order chi connectivity index (χ0) is 28.0. The number of fused-ring (bicyclic) bond motifs is 2. The second-order valence-corrected chi connectivity index (χ2v) is 11.7. The van der Waals surface area contributed by atoms with Crippen molar-refractivity contribution in [3.8, 4) is 11.3 Å². The molecule has 0 radical (unpaired) electrons. The van der Waals surface area contributed by atoms with Crippen LogP contribution in [-0.4, -0.2) is 72.9 Å². The predicted octanol–water partition coefficient (Wildman–Crippen LogP) is 4.02. The Kier molecular flexibility index (Phi) is 7.48. The first-order valence-corrected chi connectivity index (χ1v) is 14.4. The largest absolute Gasteiger partial charge is 0.390 e. The molecule has 2 aromatic heterocycles. The van der Waals surface area contributed by atoms with Crippen molar-refractivity contribution >= 4 is 40.6 Å². The van der Waals surface area contributed by atoms with Gasteiger partial charge in [-0.15, -0.1) is 0 Å². The van der Waals surface area contributed by atoms with Crippen LogP contribution in [0.2, 0.25) is 10.0 Å². The molecule has 9 nitrogen and oxygen atoms in total. The Bertz CT molecular complexity index is 1620. The van der Waals surface area contributed by atoms with Crippen LogP contribution in [0.4, 0.5) is 0 Å². The van der Waals surface area contributed by atoms with E-state index in [1.54, 1.807) is 11.0 Å². The van der Waals surface area contributed by atoms with Gasteiger partial charge in [0.1, 0.15) is 0 Å². The van der Waals surface area contributed by atoms with Crippen molar-refractivity contribution in [2.24, 2.45) is 0 Å². The van der Waals surface area contributed by atoms with Gasteiger partial charge in [-0.1, -0.05) is 29.3 Å². The highest BCUT2D eigenvalue weighted by atomic mass is 35.5.